The number of carbonyl (C=O) groups excluding carboxylic acids is 2. The second-order valence-electron chi connectivity index (χ2n) is 16.9. The van der Waals surface area contributed by atoms with Crippen LogP contribution in [0.4, 0.5) is 0 Å². The van der Waals surface area contributed by atoms with E-state index in [1.807, 2.05) is 0 Å². The molecule has 0 spiro atoms. The zero-order valence-electron chi connectivity index (χ0n) is 41.1. The average Bonchev–Trinajstić information content (AvgIpc) is 4.22. The summed E-state index contributed by atoms with van der Waals surface area (Å²) < 4.78 is 100.0. The molecule has 4 aromatic heterocycles. The number of benzene rings is 2. The van der Waals surface area contributed by atoms with Crippen molar-refractivity contribution >= 4 is 31.5 Å². The van der Waals surface area contributed by atoms with Gasteiger partial charge in [0.25, 0.3) is 0 Å². The zero-order chi connectivity index (χ0) is 51.4. The van der Waals surface area contributed by atoms with E-state index in [4.69, 9.17) is 37.3 Å². The third-order valence-electron chi connectivity index (χ3n) is 12.3. The normalized spacial score (nSPS) is 16.4. The number of ether oxygens (including phenoxy) is 6. The molecule has 8 rings (SSSR count). The highest BCUT2D eigenvalue weighted by atomic mass is 32.2. The van der Waals surface area contributed by atoms with Gasteiger partial charge in [-0.3, -0.25) is 18.7 Å². The molecule has 0 unspecified atom stereocenters. The minimum Gasteiger partial charge on any atom is -0.494 e. The van der Waals surface area contributed by atoms with Gasteiger partial charge in [-0.05, 0) is 74.2 Å². The molecule has 388 valence electrons. The summed E-state index contributed by atoms with van der Waals surface area (Å²) in [5.41, 5.74) is 0.908. The van der Waals surface area contributed by atoms with E-state index in [-0.39, 0.29) is 60.1 Å². The highest BCUT2D eigenvalue weighted by molar-refractivity contribution is 7.90. The fourth-order valence-electron chi connectivity index (χ4n) is 8.87. The van der Waals surface area contributed by atoms with Gasteiger partial charge in [0.1, 0.15) is 45.9 Å². The number of furan rings is 2. The molecule has 0 aliphatic carbocycles. The van der Waals surface area contributed by atoms with E-state index in [9.17, 15) is 26.4 Å². The van der Waals surface area contributed by atoms with Crippen LogP contribution in [0.5, 0.6) is 23.0 Å². The van der Waals surface area contributed by atoms with Crippen LogP contribution in [0, 0.1) is 0 Å². The van der Waals surface area contributed by atoms with Gasteiger partial charge in [-0.2, -0.15) is 0 Å². The maximum atomic E-state index is 13.3. The number of para-hydroxylation sites is 2. The van der Waals surface area contributed by atoms with Crippen molar-refractivity contribution in [3.8, 4) is 57.5 Å². The molecule has 2 aliphatic heterocycles. The van der Waals surface area contributed by atoms with Crippen LogP contribution in [0.1, 0.15) is 50.2 Å². The highest BCUT2D eigenvalue weighted by Crippen LogP contribution is 2.38. The maximum absolute atomic E-state index is 13.3. The summed E-state index contributed by atoms with van der Waals surface area (Å²) in [6.45, 7) is 0.930. The van der Waals surface area contributed by atoms with E-state index in [1.165, 1.54) is 41.0 Å². The van der Waals surface area contributed by atoms with Crippen molar-refractivity contribution in [1.82, 2.24) is 39.3 Å². The molecule has 2 amide bonds. The fraction of sp³-hybridized carbons (Fsp3) is 0.458. The molecule has 2 aliphatic rings. The maximum Gasteiger partial charge on any atom is 0.222 e. The van der Waals surface area contributed by atoms with Crippen LogP contribution < -0.4 is 18.9 Å². The Labute approximate surface area is 417 Å². The van der Waals surface area contributed by atoms with Crippen LogP contribution in [0.15, 0.2) is 82.0 Å². The molecule has 0 bridgehead atoms. The largest absolute Gasteiger partial charge is 0.494 e. The third kappa shape index (κ3) is 12.3. The van der Waals surface area contributed by atoms with Gasteiger partial charge in [0.15, 0.2) is 42.8 Å². The lowest BCUT2D eigenvalue weighted by atomic mass is 10.0. The first kappa shape index (κ1) is 53.0. The lowest BCUT2D eigenvalue weighted by Crippen LogP contribution is -2.47. The van der Waals surface area contributed by atoms with Crippen molar-refractivity contribution in [1.29, 1.82) is 0 Å². The highest BCUT2D eigenvalue weighted by Gasteiger charge is 2.33. The minimum atomic E-state index is -3.69. The van der Waals surface area contributed by atoms with Crippen LogP contribution in [-0.4, -0.2) is 161 Å². The van der Waals surface area contributed by atoms with E-state index >= 15 is 0 Å². The van der Waals surface area contributed by atoms with Crippen molar-refractivity contribution < 1.29 is 63.7 Å². The number of carbonyl (C=O) groups is 2. The molecule has 22 nitrogen and oxygen atoms in total. The number of piperidine rings is 2. The summed E-state index contributed by atoms with van der Waals surface area (Å²) in [7, 11) is 1.81. The van der Waals surface area contributed by atoms with Gasteiger partial charge in [0.2, 0.25) is 23.5 Å². The number of likely N-dealkylation sites (tertiary alicyclic amines) is 2. The monoisotopic (exact) mass is 1040 g/mol. The van der Waals surface area contributed by atoms with E-state index in [1.54, 1.807) is 93.8 Å². The van der Waals surface area contributed by atoms with Gasteiger partial charge in [-0.15, -0.1) is 20.4 Å². The SMILES string of the molecule is COC[C@@H]1CCCC(=O)N1CCS(=O)(=O)Cc1nnc(-c2ccco2)n1-c1c(OC)cccc1OC.COC[C@H]1CCCC(=O)N1CCS(=O)(=O)Cc1nnc(-c2ccco2)n1-c1c(OC)cccc1OC. The van der Waals surface area contributed by atoms with E-state index < -0.39 is 31.2 Å². The molecule has 2 aromatic carbocycles. The molecule has 0 radical (unpaired) electrons. The third-order valence-corrected chi connectivity index (χ3v) is 15.3. The summed E-state index contributed by atoms with van der Waals surface area (Å²) in [6, 6.07) is 17.0. The van der Waals surface area contributed by atoms with Crippen molar-refractivity contribution in [2.45, 2.75) is 62.1 Å². The van der Waals surface area contributed by atoms with Gasteiger partial charge in [-0.1, -0.05) is 12.1 Å². The number of nitrogens with zero attached hydrogens (tertiary/aromatic N) is 8. The second kappa shape index (κ2) is 24.1. The van der Waals surface area contributed by atoms with Crippen LogP contribution in [0.3, 0.4) is 0 Å². The molecule has 72 heavy (non-hydrogen) atoms. The zero-order valence-corrected chi connectivity index (χ0v) is 42.7. The first-order valence-corrected chi connectivity index (χ1v) is 26.8. The molecule has 6 aromatic rings. The number of aromatic nitrogens is 6. The summed E-state index contributed by atoms with van der Waals surface area (Å²) >= 11 is 0. The molecule has 0 N–H and O–H groups in total. The number of rotatable bonds is 22. The number of sulfone groups is 2. The number of amides is 2. The first-order valence-electron chi connectivity index (χ1n) is 23.1. The van der Waals surface area contributed by atoms with Crippen LogP contribution in [-0.2, 0) is 50.2 Å². The predicted octanol–water partition coefficient (Wildman–Crippen LogP) is 4.97. The fourth-order valence-corrected chi connectivity index (χ4v) is 11.3. The van der Waals surface area contributed by atoms with Gasteiger partial charge >= 0.3 is 0 Å². The minimum absolute atomic E-state index is 0.0551. The lowest BCUT2D eigenvalue weighted by Gasteiger charge is -2.35. The van der Waals surface area contributed by atoms with Crippen molar-refractivity contribution in [3.63, 3.8) is 0 Å². The van der Waals surface area contributed by atoms with Crippen molar-refractivity contribution in [2.75, 3.05) is 80.5 Å². The Hall–Kier alpha value is -6.76. The van der Waals surface area contributed by atoms with Gasteiger partial charge < -0.3 is 47.1 Å². The van der Waals surface area contributed by atoms with E-state index in [0.717, 1.165) is 25.7 Å². The van der Waals surface area contributed by atoms with Crippen molar-refractivity contribution in [2.24, 2.45) is 0 Å². The molecule has 24 heteroatoms. The van der Waals surface area contributed by atoms with E-state index in [2.05, 4.69) is 20.4 Å². The van der Waals surface area contributed by atoms with Gasteiger partial charge in [0.05, 0.1) is 77.8 Å². The summed E-state index contributed by atoms with van der Waals surface area (Å²) in [6.07, 6.45) is 6.93. The predicted molar refractivity (Wildman–Crippen MR) is 262 cm³/mol. The molecule has 2 fully saturated rings. The second-order valence-corrected chi connectivity index (χ2v) is 21.3. The smallest absolute Gasteiger partial charge is 0.222 e. The summed E-state index contributed by atoms with van der Waals surface area (Å²) in [5.74, 6) is 2.19. The molecule has 2 atom stereocenters. The molecular weight excluding hydrogens is 977 g/mol. The number of methoxy groups -OCH3 is 6. The Bertz CT molecular complexity index is 2730. The molecular formula is C48H60N8O14S2. The molecule has 2 saturated heterocycles. The Kier molecular flexibility index (Phi) is 17.8. The quantitative estimate of drug-likeness (QED) is 0.0870. The van der Waals surface area contributed by atoms with Gasteiger partial charge in [0, 0.05) is 40.2 Å². The Morgan fingerprint density at radius 3 is 1.24 bits per heavy atom. The Morgan fingerprint density at radius 2 is 0.917 bits per heavy atom. The van der Waals surface area contributed by atoms with Crippen molar-refractivity contribution in [3.05, 3.63) is 84.8 Å². The average molecular weight is 1040 g/mol. The van der Waals surface area contributed by atoms with Gasteiger partial charge in [-0.25, -0.2) is 16.8 Å². The van der Waals surface area contributed by atoms with Crippen LogP contribution >= 0.6 is 0 Å². The molecule has 6 heterocycles. The van der Waals surface area contributed by atoms with E-state index in [0.29, 0.717) is 83.6 Å². The van der Waals surface area contributed by atoms with Crippen LogP contribution in [0.2, 0.25) is 0 Å². The first-order chi connectivity index (χ1) is 34.8. The topological polar surface area (TPSA) is 252 Å². The lowest BCUT2D eigenvalue weighted by molar-refractivity contribution is -0.138. The Morgan fingerprint density at radius 1 is 0.542 bits per heavy atom. The number of hydrogen-bond acceptors (Lipinski definition) is 18. The summed E-state index contributed by atoms with van der Waals surface area (Å²) in [5, 5.41) is 16.9. The van der Waals surface area contributed by atoms with Crippen LogP contribution in [0.25, 0.3) is 34.5 Å². The Balaban J connectivity index is 0.000000211. The molecule has 0 saturated carbocycles. The number of hydrogen-bond donors (Lipinski definition) is 0. The summed E-state index contributed by atoms with van der Waals surface area (Å²) in [4.78, 5) is 28.2. The standard InChI is InChI=1S/2C24H30N4O7S/c2*1-32-15-17-7-4-11-22(29)27(17)12-14-36(30,31)16-21-25-26-24(20-10-6-13-35-20)28(21)23-18(33-2)8-5-9-19(23)34-3/h2*5-6,8-10,13,17H,4,7,11-12,14-16H2,1-3H3/t2*17-/m10/s1.